The van der Waals surface area contributed by atoms with Gasteiger partial charge in [-0.25, -0.2) is 0 Å². The zero-order valence-electron chi connectivity index (χ0n) is 10.4. The van der Waals surface area contributed by atoms with Crippen LogP contribution in [-0.2, 0) is 11.2 Å². The molecule has 0 spiro atoms. The van der Waals surface area contributed by atoms with Crippen LogP contribution in [0.3, 0.4) is 0 Å². The van der Waals surface area contributed by atoms with E-state index in [2.05, 4.69) is 12.1 Å². The van der Waals surface area contributed by atoms with Gasteiger partial charge in [-0.05, 0) is 24.1 Å². The monoisotopic (exact) mass is 243 g/mol. The fraction of sp³-hybridized carbons (Fsp3) is 0.200. The number of hydrogen-bond donors (Lipinski definition) is 1. The summed E-state index contributed by atoms with van der Waals surface area (Å²) >= 11 is 0. The second-order valence-electron chi connectivity index (χ2n) is 4.00. The molecule has 1 heterocycles. The van der Waals surface area contributed by atoms with E-state index in [1.807, 2.05) is 31.2 Å². The van der Waals surface area contributed by atoms with Crippen LogP contribution in [0.15, 0.2) is 53.0 Å². The number of hydrogen-bond acceptors (Lipinski definition) is 3. The topological polar surface area (TPSA) is 48.4 Å². The van der Waals surface area contributed by atoms with Crippen LogP contribution in [0, 0.1) is 0 Å². The van der Waals surface area contributed by atoms with Crippen molar-refractivity contribution in [2.24, 2.45) is 5.73 Å². The van der Waals surface area contributed by atoms with Crippen molar-refractivity contribution in [3.05, 3.63) is 65.4 Å². The van der Waals surface area contributed by atoms with Crippen LogP contribution in [0.25, 0.3) is 6.08 Å². The van der Waals surface area contributed by atoms with Crippen molar-refractivity contribution < 1.29 is 9.15 Å². The minimum absolute atomic E-state index is 0.373. The van der Waals surface area contributed by atoms with Gasteiger partial charge in [-0.3, -0.25) is 0 Å². The Bertz CT molecular complexity index is 514. The second kappa shape index (κ2) is 5.96. The molecule has 0 radical (unpaired) electrons. The molecule has 0 bridgehead atoms. The van der Waals surface area contributed by atoms with Gasteiger partial charge in [0, 0.05) is 12.5 Å². The standard InChI is InChI=1S/C15H17NO2/c1-2-17-15(16)10-14-9-13(11-18-14)8-12-6-4-3-5-7-12/h3-7,9-11H,2,8,16H2,1H3/b15-10+. The summed E-state index contributed by atoms with van der Waals surface area (Å²) in [7, 11) is 0. The van der Waals surface area contributed by atoms with E-state index in [0.29, 0.717) is 18.3 Å². The van der Waals surface area contributed by atoms with E-state index in [1.165, 1.54) is 5.56 Å². The van der Waals surface area contributed by atoms with Crippen molar-refractivity contribution in [3.8, 4) is 0 Å². The molecule has 0 atom stereocenters. The van der Waals surface area contributed by atoms with E-state index in [4.69, 9.17) is 14.9 Å². The molecule has 0 saturated carbocycles. The number of furan rings is 1. The van der Waals surface area contributed by atoms with Gasteiger partial charge in [-0.1, -0.05) is 30.3 Å². The van der Waals surface area contributed by atoms with Gasteiger partial charge >= 0.3 is 0 Å². The van der Waals surface area contributed by atoms with Gasteiger partial charge in [-0.15, -0.1) is 0 Å². The van der Waals surface area contributed by atoms with Gasteiger partial charge in [-0.2, -0.15) is 0 Å². The molecule has 0 aliphatic rings. The number of benzene rings is 1. The third kappa shape index (κ3) is 3.42. The lowest BCUT2D eigenvalue weighted by molar-refractivity contribution is 0.229. The lowest BCUT2D eigenvalue weighted by atomic mass is 10.1. The van der Waals surface area contributed by atoms with E-state index in [-0.39, 0.29) is 0 Å². The predicted octanol–water partition coefficient (Wildman–Crippen LogP) is 3.16. The molecule has 1 aromatic carbocycles. The van der Waals surface area contributed by atoms with Gasteiger partial charge in [0.2, 0.25) is 0 Å². The molecule has 0 unspecified atom stereocenters. The van der Waals surface area contributed by atoms with Crippen LogP contribution in [-0.4, -0.2) is 6.61 Å². The molecular weight excluding hydrogens is 226 g/mol. The van der Waals surface area contributed by atoms with Crippen molar-refractivity contribution in [2.45, 2.75) is 13.3 Å². The molecule has 94 valence electrons. The van der Waals surface area contributed by atoms with Crippen LogP contribution in [0.1, 0.15) is 23.8 Å². The van der Waals surface area contributed by atoms with Crippen LogP contribution in [0.5, 0.6) is 0 Å². The number of nitrogens with two attached hydrogens (primary N) is 1. The Labute approximate surface area is 107 Å². The average Bonchev–Trinajstić information content (AvgIpc) is 2.78. The molecule has 0 aliphatic carbocycles. The maximum atomic E-state index is 5.66. The third-order valence-corrected chi connectivity index (χ3v) is 2.52. The van der Waals surface area contributed by atoms with Crippen molar-refractivity contribution in [3.63, 3.8) is 0 Å². The first-order valence-electron chi connectivity index (χ1n) is 5.99. The van der Waals surface area contributed by atoms with Gasteiger partial charge in [0.05, 0.1) is 12.9 Å². The summed E-state index contributed by atoms with van der Waals surface area (Å²) in [5.74, 6) is 1.09. The molecule has 0 aliphatic heterocycles. The fourth-order valence-corrected chi connectivity index (χ4v) is 1.74. The smallest absolute Gasteiger partial charge is 0.187 e. The summed E-state index contributed by atoms with van der Waals surface area (Å²) in [6.07, 6.45) is 4.29. The molecular formula is C15H17NO2. The highest BCUT2D eigenvalue weighted by Crippen LogP contribution is 2.15. The Hall–Kier alpha value is -2.16. The Kier molecular flexibility index (Phi) is 4.07. The molecule has 2 N–H and O–H groups in total. The second-order valence-corrected chi connectivity index (χ2v) is 4.00. The van der Waals surface area contributed by atoms with Gasteiger partial charge in [0.15, 0.2) is 5.88 Å². The van der Waals surface area contributed by atoms with E-state index in [9.17, 15) is 0 Å². The van der Waals surface area contributed by atoms with Crippen LogP contribution in [0.2, 0.25) is 0 Å². The Morgan fingerprint density at radius 3 is 2.78 bits per heavy atom. The highest BCUT2D eigenvalue weighted by Gasteiger charge is 2.02. The van der Waals surface area contributed by atoms with Gasteiger partial charge < -0.3 is 14.9 Å². The van der Waals surface area contributed by atoms with Gasteiger partial charge in [0.1, 0.15) is 5.76 Å². The summed E-state index contributed by atoms with van der Waals surface area (Å²) < 4.78 is 10.6. The Morgan fingerprint density at radius 1 is 1.28 bits per heavy atom. The first-order valence-corrected chi connectivity index (χ1v) is 5.99. The highest BCUT2D eigenvalue weighted by atomic mass is 16.5. The zero-order valence-corrected chi connectivity index (χ0v) is 10.4. The SMILES string of the molecule is CCO/C(N)=C/c1cc(Cc2ccccc2)co1. The molecule has 0 saturated heterocycles. The fourth-order valence-electron chi connectivity index (χ4n) is 1.74. The Morgan fingerprint density at radius 2 is 2.06 bits per heavy atom. The minimum Gasteiger partial charge on any atom is -0.480 e. The molecule has 18 heavy (non-hydrogen) atoms. The van der Waals surface area contributed by atoms with Gasteiger partial charge in [0.25, 0.3) is 0 Å². The molecule has 2 rings (SSSR count). The maximum absolute atomic E-state index is 5.66. The minimum atomic E-state index is 0.373. The largest absolute Gasteiger partial charge is 0.480 e. The highest BCUT2D eigenvalue weighted by molar-refractivity contribution is 5.46. The van der Waals surface area contributed by atoms with E-state index in [0.717, 1.165) is 12.0 Å². The lowest BCUT2D eigenvalue weighted by Crippen LogP contribution is -2.01. The maximum Gasteiger partial charge on any atom is 0.187 e. The Balaban J connectivity index is 2.05. The molecule has 3 nitrogen and oxygen atoms in total. The third-order valence-electron chi connectivity index (χ3n) is 2.52. The number of ether oxygens (including phenoxy) is 1. The molecule has 0 fully saturated rings. The summed E-state index contributed by atoms with van der Waals surface area (Å²) in [4.78, 5) is 0. The quantitative estimate of drug-likeness (QED) is 0.820. The van der Waals surface area contributed by atoms with Crippen molar-refractivity contribution in [1.29, 1.82) is 0 Å². The number of rotatable bonds is 5. The normalized spacial score (nSPS) is 11.5. The van der Waals surface area contributed by atoms with E-state index in [1.54, 1.807) is 12.3 Å². The first-order chi connectivity index (χ1) is 8.78. The summed E-state index contributed by atoms with van der Waals surface area (Å²) in [6, 6.07) is 12.2. The summed E-state index contributed by atoms with van der Waals surface area (Å²) in [5, 5.41) is 0. The zero-order chi connectivity index (χ0) is 12.8. The van der Waals surface area contributed by atoms with Crippen molar-refractivity contribution >= 4 is 6.08 Å². The average molecular weight is 243 g/mol. The molecule has 0 amide bonds. The first kappa shape index (κ1) is 12.3. The molecule has 3 heteroatoms. The van der Waals surface area contributed by atoms with Crippen LogP contribution < -0.4 is 5.73 Å². The predicted molar refractivity (Wildman–Crippen MR) is 71.7 cm³/mol. The summed E-state index contributed by atoms with van der Waals surface area (Å²) in [5.41, 5.74) is 8.04. The van der Waals surface area contributed by atoms with Crippen LogP contribution >= 0.6 is 0 Å². The van der Waals surface area contributed by atoms with Crippen molar-refractivity contribution in [2.75, 3.05) is 6.61 Å². The summed E-state index contributed by atoms with van der Waals surface area (Å²) in [6.45, 7) is 2.45. The molecule has 2 aromatic rings. The van der Waals surface area contributed by atoms with E-state index < -0.39 is 0 Å². The van der Waals surface area contributed by atoms with Crippen LogP contribution in [0.4, 0.5) is 0 Å². The van der Waals surface area contributed by atoms with Crippen molar-refractivity contribution in [1.82, 2.24) is 0 Å². The van der Waals surface area contributed by atoms with E-state index >= 15 is 0 Å². The molecule has 1 aromatic heterocycles. The lowest BCUT2D eigenvalue weighted by Gasteiger charge is -1.99.